The largest absolute Gasteiger partial charge is 0.427 e. The number of hydrogen-bond donors (Lipinski definition) is 2. The van der Waals surface area contributed by atoms with Crippen LogP contribution in [-0.2, 0) is 6.18 Å². The maximum Gasteiger partial charge on any atom is 0.418 e. The molecule has 8 heteroatoms. The van der Waals surface area contributed by atoms with E-state index in [1.165, 1.54) is 12.3 Å². The minimum absolute atomic E-state index is 0.0996. The number of nitrogens with zero attached hydrogens (tertiary/aromatic N) is 3. The molecule has 0 spiro atoms. The normalized spacial score (nSPS) is 15.6. The number of pyridine rings is 1. The maximum atomic E-state index is 13.3. The van der Waals surface area contributed by atoms with Crippen LogP contribution in [0.2, 0.25) is 0 Å². The van der Waals surface area contributed by atoms with Crippen LogP contribution in [0.15, 0.2) is 42.7 Å². The van der Waals surface area contributed by atoms with Gasteiger partial charge >= 0.3 is 6.18 Å². The summed E-state index contributed by atoms with van der Waals surface area (Å²) in [6.07, 6.45) is -2.48. The zero-order valence-electron chi connectivity index (χ0n) is 13.8. The molecule has 0 amide bonds. The van der Waals surface area contributed by atoms with Crippen molar-refractivity contribution < 1.29 is 18.4 Å². The van der Waals surface area contributed by atoms with Gasteiger partial charge in [-0.05, 0) is 29.3 Å². The summed E-state index contributed by atoms with van der Waals surface area (Å²) in [5.74, 6) is -0.110. The Bertz CT molecular complexity index is 883. The third-order valence-corrected chi connectivity index (χ3v) is 4.64. The molecular formula is C18H17F3N4O. The van der Waals surface area contributed by atoms with Gasteiger partial charge in [-0.3, -0.25) is 0 Å². The Kier molecular flexibility index (Phi) is 3.99. The summed E-state index contributed by atoms with van der Waals surface area (Å²) in [5.41, 5.74) is 1.13. The lowest BCUT2D eigenvalue weighted by molar-refractivity contribution is -0.137. The number of fused-ring (bicyclic) bond motifs is 1. The highest BCUT2D eigenvalue weighted by Crippen LogP contribution is 2.43. The van der Waals surface area contributed by atoms with Crippen molar-refractivity contribution >= 4 is 5.69 Å². The smallest absolute Gasteiger partial charge is 0.418 e. The van der Waals surface area contributed by atoms with Gasteiger partial charge in [0.15, 0.2) is 5.82 Å². The van der Waals surface area contributed by atoms with Crippen molar-refractivity contribution in [2.24, 2.45) is 0 Å². The van der Waals surface area contributed by atoms with Crippen molar-refractivity contribution in [3.05, 3.63) is 48.3 Å². The highest BCUT2D eigenvalue weighted by molar-refractivity contribution is 5.84. The minimum atomic E-state index is -4.54. The van der Waals surface area contributed by atoms with Gasteiger partial charge in [0, 0.05) is 49.8 Å². The van der Waals surface area contributed by atoms with Gasteiger partial charge in [0.2, 0.25) is 0 Å². The van der Waals surface area contributed by atoms with E-state index in [9.17, 15) is 18.4 Å². The van der Waals surface area contributed by atoms with E-state index in [0.29, 0.717) is 15.9 Å². The molecule has 0 radical (unpaired) electrons. The summed E-state index contributed by atoms with van der Waals surface area (Å²) >= 11 is 0. The Morgan fingerprint density at radius 1 is 1.04 bits per heavy atom. The maximum absolute atomic E-state index is 13.3. The molecular weight excluding hydrogens is 345 g/mol. The summed E-state index contributed by atoms with van der Waals surface area (Å²) < 4.78 is 40.6. The third kappa shape index (κ3) is 2.86. The lowest BCUT2D eigenvalue weighted by atomic mass is 9.97. The first-order valence-electron chi connectivity index (χ1n) is 8.28. The van der Waals surface area contributed by atoms with E-state index in [4.69, 9.17) is 0 Å². The number of halogens is 3. The second-order valence-electron chi connectivity index (χ2n) is 6.23. The van der Waals surface area contributed by atoms with Crippen molar-refractivity contribution in [2.75, 3.05) is 31.1 Å². The number of rotatable bonds is 2. The van der Waals surface area contributed by atoms with E-state index in [2.05, 4.69) is 15.2 Å². The van der Waals surface area contributed by atoms with Gasteiger partial charge in [-0.15, -0.1) is 0 Å². The number of nitrogens with one attached hydrogen (secondary N) is 1. The quantitative estimate of drug-likeness (QED) is 0.687. The van der Waals surface area contributed by atoms with Crippen molar-refractivity contribution in [2.45, 2.75) is 6.18 Å². The van der Waals surface area contributed by atoms with E-state index in [1.807, 2.05) is 12.1 Å². The average molecular weight is 362 g/mol. The number of piperazine rings is 1. The Labute approximate surface area is 148 Å². The molecule has 5 nitrogen and oxygen atoms in total. The molecule has 0 aliphatic carbocycles. The van der Waals surface area contributed by atoms with Gasteiger partial charge in [-0.1, -0.05) is 12.1 Å². The molecule has 1 fully saturated rings. The number of aromatic nitrogens is 2. The standard InChI is InChI=1S/C18H17F3N4O/c19-18(20,21)15-11-23-17-16(15)14(5-8-25(17)26)12-1-3-13(4-2-12)24-9-6-22-7-10-24/h1-5,8,11,22,26H,6-7,9-10H2. The van der Waals surface area contributed by atoms with E-state index >= 15 is 0 Å². The number of anilines is 1. The fraction of sp³-hybridized carbons (Fsp3) is 0.278. The zero-order valence-corrected chi connectivity index (χ0v) is 13.8. The van der Waals surface area contributed by atoms with Gasteiger partial charge in [0.25, 0.3) is 0 Å². The van der Waals surface area contributed by atoms with E-state index in [1.54, 1.807) is 12.1 Å². The molecule has 4 rings (SSSR count). The summed E-state index contributed by atoms with van der Waals surface area (Å²) in [6, 6.07) is 8.91. The number of alkyl halides is 3. The van der Waals surface area contributed by atoms with Crippen molar-refractivity contribution in [1.29, 1.82) is 0 Å². The summed E-state index contributed by atoms with van der Waals surface area (Å²) in [4.78, 5) is 5.97. The van der Waals surface area contributed by atoms with Crippen LogP contribution in [0.1, 0.15) is 5.56 Å². The van der Waals surface area contributed by atoms with E-state index < -0.39 is 11.7 Å². The molecule has 1 aromatic carbocycles. The Morgan fingerprint density at radius 3 is 2.38 bits per heavy atom. The van der Waals surface area contributed by atoms with Crippen LogP contribution in [0.25, 0.3) is 22.5 Å². The van der Waals surface area contributed by atoms with Crippen LogP contribution < -0.4 is 10.2 Å². The number of hydrogen-bond acceptors (Lipinski definition) is 4. The molecule has 1 saturated heterocycles. The molecule has 0 aromatic heterocycles. The average Bonchev–Trinajstić information content (AvgIpc) is 3.10. The lowest BCUT2D eigenvalue weighted by Gasteiger charge is -2.29. The first-order valence-corrected chi connectivity index (χ1v) is 8.28. The van der Waals surface area contributed by atoms with Gasteiger partial charge < -0.3 is 15.4 Å². The van der Waals surface area contributed by atoms with Gasteiger partial charge in [-0.2, -0.15) is 17.9 Å². The van der Waals surface area contributed by atoms with Crippen LogP contribution in [0.3, 0.4) is 0 Å². The Balaban J connectivity index is 1.76. The predicted molar refractivity (Wildman–Crippen MR) is 91.6 cm³/mol. The van der Waals surface area contributed by atoms with Crippen molar-refractivity contribution in [3.63, 3.8) is 0 Å². The topological polar surface area (TPSA) is 53.3 Å². The highest BCUT2D eigenvalue weighted by Gasteiger charge is 2.38. The fourth-order valence-electron chi connectivity index (χ4n) is 3.34. The van der Waals surface area contributed by atoms with Crippen molar-refractivity contribution in [1.82, 2.24) is 15.0 Å². The highest BCUT2D eigenvalue weighted by atomic mass is 19.4. The predicted octanol–water partition coefficient (Wildman–Crippen LogP) is 3.32. The first kappa shape index (κ1) is 16.7. The first-order chi connectivity index (χ1) is 12.4. The Morgan fingerprint density at radius 2 is 1.73 bits per heavy atom. The molecule has 26 heavy (non-hydrogen) atoms. The summed E-state index contributed by atoms with van der Waals surface area (Å²) in [6.45, 7) is 3.60. The van der Waals surface area contributed by atoms with Crippen molar-refractivity contribution in [3.8, 4) is 22.5 Å². The van der Waals surface area contributed by atoms with Crippen LogP contribution in [-0.4, -0.2) is 41.1 Å². The molecule has 0 unspecified atom stereocenters. The molecule has 0 atom stereocenters. The number of benzene rings is 1. The van der Waals surface area contributed by atoms with E-state index in [-0.39, 0.29) is 11.4 Å². The van der Waals surface area contributed by atoms with E-state index in [0.717, 1.165) is 38.1 Å². The molecule has 3 aliphatic heterocycles. The monoisotopic (exact) mass is 362 g/mol. The molecule has 3 aliphatic rings. The van der Waals surface area contributed by atoms with Gasteiger partial charge in [0.1, 0.15) is 0 Å². The molecule has 1 aromatic rings. The van der Waals surface area contributed by atoms with Gasteiger partial charge in [-0.25, -0.2) is 4.98 Å². The fourth-order valence-corrected chi connectivity index (χ4v) is 3.34. The van der Waals surface area contributed by atoms with Crippen LogP contribution in [0.5, 0.6) is 0 Å². The summed E-state index contributed by atoms with van der Waals surface area (Å²) in [7, 11) is 0. The van der Waals surface area contributed by atoms with Crippen LogP contribution >= 0.6 is 0 Å². The zero-order chi connectivity index (χ0) is 18.3. The Hall–Kier alpha value is -2.74. The minimum Gasteiger partial charge on any atom is -0.427 e. The van der Waals surface area contributed by atoms with Crippen LogP contribution in [0.4, 0.5) is 18.9 Å². The summed E-state index contributed by atoms with van der Waals surface area (Å²) in [5, 5.41) is 13.1. The molecule has 136 valence electrons. The van der Waals surface area contributed by atoms with Crippen LogP contribution in [0, 0.1) is 0 Å². The van der Waals surface area contributed by atoms with Gasteiger partial charge in [0.05, 0.1) is 5.56 Å². The molecule has 0 saturated carbocycles. The second kappa shape index (κ2) is 6.21. The molecule has 2 N–H and O–H groups in total. The molecule has 0 bridgehead atoms. The SMILES string of the molecule is On1ccc(-c2ccc(N3CCNCC3)cc2)c2c(C(F)(F)F)cnc1-2. The third-order valence-electron chi connectivity index (χ3n) is 4.64. The second-order valence-corrected chi connectivity index (χ2v) is 6.23. The lowest BCUT2D eigenvalue weighted by Crippen LogP contribution is -2.43. The molecule has 3 heterocycles.